The van der Waals surface area contributed by atoms with Crippen LogP contribution in [0.5, 0.6) is 0 Å². The Bertz CT molecular complexity index is 1180. The van der Waals surface area contributed by atoms with Gasteiger partial charge in [0.1, 0.15) is 12.4 Å². The van der Waals surface area contributed by atoms with Crippen LogP contribution < -0.4 is 10.6 Å². The number of amides is 2. The fourth-order valence-electron chi connectivity index (χ4n) is 4.77. The number of hydrogen-bond donors (Lipinski definition) is 2. The number of nitrogens with zero attached hydrogens (tertiary/aromatic N) is 3. The van der Waals surface area contributed by atoms with Gasteiger partial charge in [0.05, 0.1) is 6.54 Å². The zero-order chi connectivity index (χ0) is 25.8. The highest BCUT2D eigenvalue weighted by molar-refractivity contribution is 6.01. The summed E-state index contributed by atoms with van der Waals surface area (Å²) < 4.78 is 14.1. The molecular formula is C27H36Cl2FN5O3. The molecule has 0 saturated carbocycles. The number of hydrazine groups is 1. The lowest BCUT2D eigenvalue weighted by Crippen LogP contribution is -2.49. The molecule has 8 nitrogen and oxygen atoms in total. The second-order valence-electron chi connectivity index (χ2n) is 9.39. The van der Waals surface area contributed by atoms with Crippen molar-refractivity contribution in [3.05, 3.63) is 64.0 Å². The standard InChI is InChI=1S/C27H34FN5O3.2ClH/c1-4-29-10-11-32(17-27(36)31(3)33-15-20-6-5-7-23(28)22(20)16-33)26(35)14-30-24-13-21-19(12-18(24)2)8-9-25(21)34;;/h5-7,12-13,29-30H,4,8-11,14-17H2,1-3H3;2*1H. The second kappa shape index (κ2) is 13.9. The van der Waals surface area contributed by atoms with E-state index in [4.69, 9.17) is 0 Å². The number of anilines is 1. The molecule has 0 atom stereocenters. The molecule has 2 aromatic carbocycles. The van der Waals surface area contributed by atoms with E-state index in [1.807, 2.05) is 32.0 Å². The summed E-state index contributed by atoms with van der Waals surface area (Å²) in [5.74, 6) is -0.596. The van der Waals surface area contributed by atoms with Gasteiger partial charge in [0, 0.05) is 56.5 Å². The van der Waals surface area contributed by atoms with Crippen molar-refractivity contribution < 1.29 is 18.8 Å². The smallest absolute Gasteiger partial charge is 0.256 e. The fourth-order valence-corrected chi connectivity index (χ4v) is 4.77. The maximum atomic E-state index is 14.1. The molecule has 1 aliphatic carbocycles. The summed E-state index contributed by atoms with van der Waals surface area (Å²) in [6.07, 6.45) is 1.29. The highest BCUT2D eigenvalue weighted by Crippen LogP contribution is 2.28. The number of Topliss-reactive ketones (excluding diaryl/α,β-unsaturated/α-hetero) is 1. The lowest BCUT2D eigenvalue weighted by atomic mass is 10.0. The van der Waals surface area contributed by atoms with E-state index in [9.17, 15) is 18.8 Å². The highest BCUT2D eigenvalue weighted by atomic mass is 35.5. The summed E-state index contributed by atoms with van der Waals surface area (Å²) in [4.78, 5) is 39.9. The monoisotopic (exact) mass is 567 g/mol. The average Bonchev–Trinajstić information content (AvgIpc) is 3.45. The minimum Gasteiger partial charge on any atom is -0.376 e. The van der Waals surface area contributed by atoms with Crippen molar-refractivity contribution in [2.75, 3.05) is 45.1 Å². The fraction of sp³-hybridized carbons (Fsp3) is 0.444. The Morgan fingerprint density at radius 3 is 2.55 bits per heavy atom. The zero-order valence-corrected chi connectivity index (χ0v) is 23.6. The van der Waals surface area contributed by atoms with E-state index in [-0.39, 0.29) is 61.3 Å². The van der Waals surface area contributed by atoms with Crippen LogP contribution >= 0.6 is 24.8 Å². The first-order valence-corrected chi connectivity index (χ1v) is 12.4. The molecule has 2 N–H and O–H groups in total. The largest absolute Gasteiger partial charge is 0.376 e. The van der Waals surface area contributed by atoms with Gasteiger partial charge in [-0.1, -0.05) is 25.1 Å². The van der Waals surface area contributed by atoms with E-state index in [0.29, 0.717) is 38.2 Å². The van der Waals surface area contributed by atoms with E-state index < -0.39 is 0 Å². The van der Waals surface area contributed by atoms with Crippen molar-refractivity contribution in [2.45, 2.75) is 39.8 Å². The third-order valence-corrected chi connectivity index (χ3v) is 6.98. The molecule has 38 heavy (non-hydrogen) atoms. The Balaban J connectivity index is 0.00000253. The minimum atomic E-state index is -0.270. The zero-order valence-electron chi connectivity index (χ0n) is 22.0. The number of carbonyl (C=O) groups is 3. The van der Waals surface area contributed by atoms with Gasteiger partial charge in [-0.05, 0) is 48.7 Å². The van der Waals surface area contributed by atoms with Crippen LogP contribution in [-0.4, -0.2) is 72.3 Å². The normalized spacial score (nSPS) is 13.7. The van der Waals surface area contributed by atoms with Crippen LogP contribution in [-0.2, 0) is 29.1 Å². The molecule has 0 aromatic heterocycles. The topological polar surface area (TPSA) is 85.0 Å². The first kappa shape index (κ1) is 31.5. The van der Waals surface area contributed by atoms with Crippen LogP contribution in [0.15, 0.2) is 30.3 Å². The van der Waals surface area contributed by atoms with Gasteiger partial charge in [0.15, 0.2) is 5.78 Å². The van der Waals surface area contributed by atoms with Crippen molar-refractivity contribution >= 4 is 48.1 Å². The van der Waals surface area contributed by atoms with E-state index in [0.717, 1.165) is 40.9 Å². The van der Waals surface area contributed by atoms with Gasteiger partial charge < -0.3 is 15.5 Å². The molecule has 0 fully saturated rings. The number of aryl methyl sites for hydroxylation is 2. The van der Waals surface area contributed by atoms with Crippen molar-refractivity contribution in [1.29, 1.82) is 0 Å². The molecule has 2 aromatic rings. The Labute approximate surface area is 235 Å². The number of carbonyl (C=O) groups excluding carboxylic acids is 3. The number of nitrogens with one attached hydrogen (secondary N) is 2. The molecule has 4 rings (SSSR count). The van der Waals surface area contributed by atoms with Gasteiger partial charge in [0.2, 0.25) is 5.91 Å². The molecule has 0 radical (unpaired) electrons. The molecule has 11 heteroatoms. The number of benzene rings is 2. The van der Waals surface area contributed by atoms with Crippen molar-refractivity contribution in [2.24, 2.45) is 0 Å². The summed E-state index contributed by atoms with van der Waals surface area (Å²) in [6.45, 7) is 6.32. The lowest BCUT2D eigenvalue weighted by Gasteiger charge is -2.31. The van der Waals surface area contributed by atoms with E-state index in [1.54, 1.807) is 18.1 Å². The third-order valence-electron chi connectivity index (χ3n) is 6.98. The van der Waals surface area contributed by atoms with Crippen LogP contribution in [0.1, 0.15) is 46.0 Å². The Hall–Kier alpha value is -2.72. The second-order valence-corrected chi connectivity index (χ2v) is 9.39. The molecule has 0 bridgehead atoms. The van der Waals surface area contributed by atoms with E-state index in [2.05, 4.69) is 10.6 Å². The maximum Gasteiger partial charge on any atom is 0.256 e. The average molecular weight is 569 g/mol. The van der Waals surface area contributed by atoms with Gasteiger partial charge in [-0.25, -0.2) is 9.40 Å². The van der Waals surface area contributed by atoms with Crippen LogP contribution in [0, 0.1) is 12.7 Å². The third kappa shape index (κ3) is 7.02. The highest BCUT2D eigenvalue weighted by Gasteiger charge is 2.29. The molecule has 0 unspecified atom stereocenters. The predicted octanol–water partition coefficient (Wildman–Crippen LogP) is 3.35. The summed E-state index contributed by atoms with van der Waals surface area (Å²) >= 11 is 0. The number of fused-ring (bicyclic) bond motifs is 2. The molecule has 1 heterocycles. The molecule has 0 spiro atoms. The van der Waals surface area contributed by atoms with Gasteiger partial charge in [-0.2, -0.15) is 0 Å². The van der Waals surface area contributed by atoms with Crippen LogP contribution in [0.25, 0.3) is 0 Å². The van der Waals surface area contributed by atoms with Crippen molar-refractivity contribution in [1.82, 2.24) is 20.2 Å². The number of hydrogen-bond acceptors (Lipinski definition) is 6. The number of likely N-dealkylation sites (N-methyl/N-ethyl adjacent to an activating group) is 2. The molecule has 208 valence electrons. The van der Waals surface area contributed by atoms with Gasteiger partial charge >= 0.3 is 0 Å². The van der Waals surface area contributed by atoms with Crippen molar-refractivity contribution in [3.8, 4) is 0 Å². The first-order chi connectivity index (χ1) is 17.3. The maximum absolute atomic E-state index is 14.1. The van der Waals surface area contributed by atoms with E-state index in [1.165, 1.54) is 16.0 Å². The Morgan fingerprint density at radius 1 is 1.08 bits per heavy atom. The van der Waals surface area contributed by atoms with Crippen molar-refractivity contribution in [3.63, 3.8) is 0 Å². The van der Waals surface area contributed by atoms with Crippen LogP contribution in [0.3, 0.4) is 0 Å². The Kier molecular flexibility index (Phi) is 11.5. The minimum absolute atomic E-state index is 0. The first-order valence-electron chi connectivity index (χ1n) is 12.4. The molecule has 0 saturated heterocycles. The number of halogens is 3. The quantitative estimate of drug-likeness (QED) is 0.428. The molecule has 2 amide bonds. The SMILES string of the molecule is CCNCCN(CC(=O)N(C)N1Cc2cccc(F)c2C1)C(=O)CNc1cc2c(cc1C)CCC2=O.Cl.Cl. The number of rotatable bonds is 10. The lowest BCUT2D eigenvalue weighted by molar-refractivity contribution is -0.151. The number of ketones is 1. The summed E-state index contributed by atoms with van der Waals surface area (Å²) in [5.41, 5.74) is 4.97. The van der Waals surface area contributed by atoms with E-state index >= 15 is 0 Å². The summed E-state index contributed by atoms with van der Waals surface area (Å²) in [6, 6.07) is 8.80. The predicted molar refractivity (Wildman–Crippen MR) is 150 cm³/mol. The van der Waals surface area contributed by atoms with Gasteiger partial charge in [-0.3, -0.25) is 19.4 Å². The molecule has 1 aliphatic heterocycles. The molecular weight excluding hydrogens is 532 g/mol. The van der Waals surface area contributed by atoms with Crippen LogP contribution in [0.4, 0.5) is 10.1 Å². The Morgan fingerprint density at radius 2 is 1.84 bits per heavy atom. The van der Waals surface area contributed by atoms with Gasteiger partial charge in [0.25, 0.3) is 5.91 Å². The van der Waals surface area contributed by atoms with Gasteiger partial charge in [-0.15, -0.1) is 24.8 Å². The summed E-state index contributed by atoms with van der Waals surface area (Å²) in [5, 5.41) is 9.63. The van der Waals surface area contributed by atoms with Crippen LogP contribution in [0.2, 0.25) is 0 Å². The summed E-state index contributed by atoms with van der Waals surface area (Å²) in [7, 11) is 1.65. The molecule has 2 aliphatic rings.